The lowest BCUT2D eigenvalue weighted by Crippen LogP contribution is -2.53. The molecular weight excluding hydrogens is 360 g/mol. The third kappa shape index (κ3) is 4.80. The van der Waals surface area contributed by atoms with E-state index in [1.807, 2.05) is 0 Å². The van der Waals surface area contributed by atoms with Crippen LogP contribution in [0.3, 0.4) is 0 Å². The molecule has 150 valence electrons. The third-order valence-electron chi connectivity index (χ3n) is 5.30. The number of likely N-dealkylation sites (tertiary alicyclic amines) is 1. The number of cyclic esters (lactones) is 1. The highest BCUT2D eigenvalue weighted by Gasteiger charge is 2.37. The lowest BCUT2D eigenvalue weighted by molar-refractivity contribution is -0.145. The molecule has 2 aliphatic heterocycles. The summed E-state index contributed by atoms with van der Waals surface area (Å²) in [5.74, 6) is -0.249. The smallest absolute Gasteiger partial charge is 0.414 e. The van der Waals surface area contributed by atoms with Crippen LogP contribution in [-0.4, -0.2) is 61.4 Å². The molecule has 0 saturated carbocycles. The van der Waals surface area contributed by atoms with Gasteiger partial charge in [-0.1, -0.05) is 0 Å². The molecule has 28 heavy (non-hydrogen) atoms. The quantitative estimate of drug-likeness (QED) is 0.740. The van der Waals surface area contributed by atoms with Crippen LogP contribution in [0.2, 0.25) is 0 Å². The molecule has 0 radical (unpaired) electrons. The number of rotatable bonds is 6. The van der Waals surface area contributed by atoms with Gasteiger partial charge in [0.15, 0.2) is 0 Å². The normalized spacial score (nSPS) is 21.8. The summed E-state index contributed by atoms with van der Waals surface area (Å²) < 4.78 is 10.5. The summed E-state index contributed by atoms with van der Waals surface area (Å²) in [7, 11) is 0. The fourth-order valence-electron chi connectivity index (χ4n) is 3.69. The van der Waals surface area contributed by atoms with E-state index in [1.165, 1.54) is 0 Å². The van der Waals surface area contributed by atoms with Crippen molar-refractivity contribution in [3.63, 3.8) is 0 Å². The van der Waals surface area contributed by atoms with Crippen LogP contribution >= 0.6 is 0 Å². The van der Waals surface area contributed by atoms with Crippen LogP contribution in [0.1, 0.15) is 31.7 Å². The van der Waals surface area contributed by atoms with E-state index in [4.69, 9.17) is 20.5 Å². The molecule has 8 nitrogen and oxygen atoms in total. The van der Waals surface area contributed by atoms with Gasteiger partial charge in [-0.15, -0.1) is 0 Å². The van der Waals surface area contributed by atoms with Gasteiger partial charge in [0.25, 0.3) is 0 Å². The summed E-state index contributed by atoms with van der Waals surface area (Å²) in [5, 5.41) is 8.89. The number of nitrogens with zero attached hydrogens (tertiary/aromatic N) is 3. The molecule has 2 N–H and O–H groups in total. The summed E-state index contributed by atoms with van der Waals surface area (Å²) in [6, 6.07) is 8.94. The van der Waals surface area contributed by atoms with Crippen molar-refractivity contribution in [1.82, 2.24) is 4.90 Å². The second-order valence-corrected chi connectivity index (χ2v) is 7.42. The van der Waals surface area contributed by atoms with Crippen molar-refractivity contribution < 1.29 is 19.1 Å². The molecule has 2 saturated heterocycles. The van der Waals surface area contributed by atoms with Gasteiger partial charge in [-0.2, -0.15) is 5.26 Å². The molecule has 2 aliphatic rings. The van der Waals surface area contributed by atoms with Gasteiger partial charge in [0.05, 0.1) is 31.2 Å². The van der Waals surface area contributed by atoms with Gasteiger partial charge in [-0.25, -0.2) is 4.79 Å². The van der Waals surface area contributed by atoms with Crippen molar-refractivity contribution in [2.75, 3.05) is 37.7 Å². The molecule has 1 atom stereocenters. The molecule has 1 aromatic carbocycles. The average Bonchev–Trinajstić information content (AvgIpc) is 3.04. The first-order valence-electron chi connectivity index (χ1n) is 9.57. The lowest BCUT2D eigenvalue weighted by Gasteiger charge is -2.39. The van der Waals surface area contributed by atoms with Crippen LogP contribution in [0.15, 0.2) is 24.3 Å². The number of piperidine rings is 1. The number of esters is 1. The molecule has 3 rings (SSSR count). The van der Waals surface area contributed by atoms with Crippen molar-refractivity contribution in [2.24, 2.45) is 5.73 Å². The highest BCUT2D eigenvalue weighted by molar-refractivity contribution is 5.89. The summed E-state index contributed by atoms with van der Waals surface area (Å²) in [4.78, 5) is 27.7. The van der Waals surface area contributed by atoms with Crippen molar-refractivity contribution in [3.05, 3.63) is 29.8 Å². The summed E-state index contributed by atoms with van der Waals surface area (Å²) in [6.45, 7) is 4.76. The van der Waals surface area contributed by atoms with E-state index in [9.17, 15) is 9.59 Å². The number of carbonyl (C=O) groups excluding carboxylic acids is 2. The van der Waals surface area contributed by atoms with Crippen LogP contribution in [0.4, 0.5) is 10.5 Å². The number of carbonyl (C=O) groups is 2. The van der Waals surface area contributed by atoms with E-state index in [0.29, 0.717) is 38.1 Å². The summed E-state index contributed by atoms with van der Waals surface area (Å²) in [5.41, 5.74) is 7.11. The van der Waals surface area contributed by atoms with E-state index < -0.39 is 5.54 Å². The Bertz CT molecular complexity index is 750. The second kappa shape index (κ2) is 8.59. The number of hydrogen-bond donors (Lipinski definition) is 1. The van der Waals surface area contributed by atoms with E-state index in [2.05, 4.69) is 11.0 Å². The third-order valence-corrected chi connectivity index (χ3v) is 5.30. The number of nitrogens with two attached hydrogens (primary N) is 1. The Hall–Kier alpha value is -2.63. The molecule has 0 spiro atoms. The second-order valence-electron chi connectivity index (χ2n) is 7.42. The molecule has 0 bridgehead atoms. The summed E-state index contributed by atoms with van der Waals surface area (Å²) >= 11 is 0. The molecule has 1 amide bonds. The lowest BCUT2D eigenvalue weighted by atomic mass is 9.85. The highest BCUT2D eigenvalue weighted by Crippen LogP contribution is 2.26. The molecule has 0 aromatic heterocycles. The number of hydrogen-bond acceptors (Lipinski definition) is 7. The van der Waals surface area contributed by atoms with Crippen molar-refractivity contribution in [3.8, 4) is 6.07 Å². The van der Waals surface area contributed by atoms with Gasteiger partial charge >= 0.3 is 12.1 Å². The molecule has 8 heteroatoms. The minimum Gasteiger partial charge on any atom is -0.466 e. The Morgan fingerprint density at radius 1 is 1.36 bits per heavy atom. The zero-order chi connectivity index (χ0) is 20.1. The Balaban J connectivity index is 1.50. The van der Waals surface area contributed by atoms with E-state index in [1.54, 1.807) is 36.1 Å². The van der Waals surface area contributed by atoms with Crippen LogP contribution in [0.5, 0.6) is 0 Å². The van der Waals surface area contributed by atoms with Gasteiger partial charge < -0.3 is 15.2 Å². The number of amides is 1. The first-order chi connectivity index (χ1) is 13.4. The van der Waals surface area contributed by atoms with E-state index in [-0.39, 0.29) is 24.6 Å². The van der Waals surface area contributed by atoms with Gasteiger partial charge in [0, 0.05) is 30.9 Å². The molecule has 1 aromatic rings. The van der Waals surface area contributed by atoms with Crippen LogP contribution in [0.25, 0.3) is 0 Å². The Morgan fingerprint density at radius 2 is 2.04 bits per heavy atom. The Kier molecular flexibility index (Phi) is 6.17. The molecule has 2 fully saturated rings. The number of benzene rings is 1. The van der Waals surface area contributed by atoms with Gasteiger partial charge in [0.1, 0.15) is 6.10 Å². The Labute approximate surface area is 164 Å². The molecule has 2 heterocycles. The monoisotopic (exact) mass is 386 g/mol. The van der Waals surface area contributed by atoms with Gasteiger partial charge in [-0.3, -0.25) is 14.6 Å². The maximum absolute atomic E-state index is 12.2. The topological polar surface area (TPSA) is 109 Å². The Morgan fingerprint density at radius 3 is 2.64 bits per heavy atom. The maximum Gasteiger partial charge on any atom is 0.414 e. The highest BCUT2D eigenvalue weighted by atomic mass is 16.6. The van der Waals surface area contributed by atoms with Crippen LogP contribution < -0.4 is 10.6 Å². The van der Waals surface area contributed by atoms with E-state index in [0.717, 1.165) is 18.8 Å². The molecular formula is C20H26N4O4. The maximum atomic E-state index is 12.2. The zero-order valence-electron chi connectivity index (χ0n) is 16.1. The predicted molar refractivity (Wildman–Crippen MR) is 103 cm³/mol. The minimum absolute atomic E-state index is 0.224. The van der Waals surface area contributed by atoms with Crippen molar-refractivity contribution >= 4 is 17.7 Å². The fraction of sp³-hybridized carbons (Fsp3) is 0.550. The predicted octanol–water partition coefficient (Wildman–Crippen LogP) is 1.63. The standard InChI is InChI=1S/C20H26N4O4/c1-2-27-18(25)11-20(22)7-9-23(10-8-20)13-17-14-24(19(26)28-17)16-5-3-15(12-21)4-6-16/h3-6,17H,2,7-11,13-14,22H2,1H3. The molecule has 1 unspecified atom stereocenters. The largest absolute Gasteiger partial charge is 0.466 e. The SMILES string of the molecule is CCOC(=O)CC1(N)CCN(CC2CN(c3ccc(C#N)cc3)C(=O)O2)CC1. The van der Waals surface area contributed by atoms with Crippen molar-refractivity contribution in [2.45, 2.75) is 37.8 Å². The van der Waals surface area contributed by atoms with Crippen LogP contribution in [-0.2, 0) is 14.3 Å². The first-order valence-corrected chi connectivity index (χ1v) is 9.57. The minimum atomic E-state index is -0.524. The number of nitriles is 1. The first kappa shape index (κ1) is 20.1. The van der Waals surface area contributed by atoms with Gasteiger partial charge in [-0.05, 0) is 44.0 Å². The van der Waals surface area contributed by atoms with E-state index >= 15 is 0 Å². The zero-order valence-corrected chi connectivity index (χ0v) is 16.1. The van der Waals surface area contributed by atoms with Gasteiger partial charge in [0.2, 0.25) is 0 Å². The number of anilines is 1. The van der Waals surface area contributed by atoms with Crippen LogP contribution in [0, 0.1) is 11.3 Å². The summed E-state index contributed by atoms with van der Waals surface area (Å²) in [6.07, 6.45) is 1.04. The fourth-order valence-corrected chi connectivity index (χ4v) is 3.69. The number of ether oxygens (including phenoxy) is 2. The average molecular weight is 386 g/mol. The van der Waals surface area contributed by atoms with Crippen molar-refractivity contribution in [1.29, 1.82) is 5.26 Å². The molecule has 0 aliphatic carbocycles.